The number of aryl methyl sites for hydroxylation is 2. The lowest BCUT2D eigenvalue weighted by Gasteiger charge is -1.99. The van der Waals surface area contributed by atoms with Crippen molar-refractivity contribution in [1.82, 2.24) is 14.8 Å². The third-order valence-electron chi connectivity index (χ3n) is 2.84. The molecule has 0 unspecified atom stereocenters. The maximum Gasteiger partial charge on any atom is 0.217 e. The van der Waals surface area contributed by atoms with E-state index in [1.54, 1.807) is 6.07 Å². The number of oxazole rings is 1. The van der Waals surface area contributed by atoms with Crippen LogP contribution in [0.4, 0.5) is 5.69 Å². The van der Waals surface area contributed by atoms with Crippen LogP contribution in [-0.2, 0) is 6.54 Å². The Morgan fingerprint density at radius 1 is 1.28 bits per heavy atom. The largest absolute Gasteiger partial charge is 0.439 e. The Balaban J connectivity index is 1.97. The Bertz CT molecular complexity index is 711. The normalized spacial score (nSPS) is 11.2. The summed E-state index contributed by atoms with van der Waals surface area (Å²) in [7, 11) is 0. The van der Waals surface area contributed by atoms with Gasteiger partial charge in [-0.2, -0.15) is 5.10 Å². The molecule has 0 bridgehead atoms. The van der Waals surface area contributed by atoms with Gasteiger partial charge in [-0.15, -0.1) is 0 Å². The molecular weight excluding hydrogens is 228 g/mol. The number of aromatic nitrogens is 3. The summed E-state index contributed by atoms with van der Waals surface area (Å²) in [5, 5.41) is 4.39. The van der Waals surface area contributed by atoms with Gasteiger partial charge in [-0.3, -0.25) is 4.68 Å². The minimum absolute atomic E-state index is 0.536. The molecule has 92 valence electrons. The Morgan fingerprint density at radius 3 is 2.83 bits per heavy atom. The molecule has 0 radical (unpaired) electrons. The van der Waals surface area contributed by atoms with Crippen molar-refractivity contribution in [2.45, 2.75) is 20.4 Å². The Kier molecular flexibility index (Phi) is 2.33. The minimum Gasteiger partial charge on any atom is -0.439 e. The highest BCUT2D eigenvalue weighted by atomic mass is 16.3. The van der Waals surface area contributed by atoms with Crippen LogP contribution in [0, 0.1) is 13.8 Å². The lowest BCUT2D eigenvalue weighted by atomic mass is 10.3. The SMILES string of the molecule is Cc1cc(C)n(Cc2nc3cc(N)ccc3o2)n1. The van der Waals surface area contributed by atoms with Crippen molar-refractivity contribution >= 4 is 16.8 Å². The van der Waals surface area contributed by atoms with Crippen LogP contribution in [0.5, 0.6) is 0 Å². The second kappa shape index (κ2) is 3.87. The number of hydrogen-bond acceptors (Lipinski definition) is 4. The molecule has 3 aromatic rings. The smallest absolute Gasteiger partial charge is 0.217 e. The number of nitrogens with two attached hydrogens (primary N) is 1. The van der Waals surface area contributed by atoms with Crippen molar-refractivity contribution in [2.75, 3.05) is 5.73 Å². The van der Waals surface area contributed by atoms with Crippen molar-refractivity contribution in [1.29, 1.82) is 0 Å². The van der Waals surface area contributed by atoms with Gasteiger partial charge < -0.3 is 10.2 Å². The molecule has 0 amide bonds. The first-order valence-electron chi connectivity index (χ1n) is 5.78. The number of hydrogen-bond donors (Lipinski definition) is 1. The molecular formula is C13H14N4O. The number of rotatable bonds is 2. The van der Waals surface area contributed by atoms with Gasteiger partial charge in [0.05, 0.1) is 5.69 Å². The molecule has 5 nitrogen and oxygen atoms in total. The van der Waals surface area contributed by atoms with Crippen LogP contribution in [0.3, 0.4) is 0 Å². The second-order valence-electron chi connectivity index (χ2n) is 4.42. The molecule has 0 atom stereocenters. The lowest BCUT2D eigenvalue weighted by molar-refractivity contribution is 0.486. The van der Waals surface area contributed by atoms with Crippen molar-refractivity contribution in [3.8, 4) is 0 Å². The second-order valence-corrected chi connectivity index (χ2v) is 4.42. The molecule has 0 spiro atoms. The number of anilines is 1. The van der Waals surface area contributed by atoms with Crippen LogP contribution >= 0.6 is 0 Å². The van der Waals surface area contributed by atoms with Gasteiger partial charge in [-0.1, -0.05) is 0 Å². The molecule has 18 heavy (non-hydrogen) atoms. The van der Waals surface area contributed by atoms with E-state index in [1.807, 2.05) is 36.7 Å². The summed E-state index contributed by atoms with van der Waals surface area (Å²) in [5.74, 6) is 0.641. The highest BCUT2D eigenvalue weighted by Gasteiger charge is 2.09. The van der Waals surface area contributed by atoms with Crippen LogP contribution < -0.4 is 5.73 Å². The maximum atomic E-state index is 5.71. The molecule has 0 saturated carbocycles. The molecule has 0 aliphatic heterocycles. The predicted octanol–water partition coefficient (Wildman–Crippen LogP) is 2.27. The fourth-order valence-corrected chi connectivity index (χ4v) is 2.02. The van der Waals surface area contributed by atoms with Crippen molar-refractivity contribution in [3.05, 3.63) is 41.5 Å². The Morgan fingerprint density at radius 2 is 2.11 bits per heavy atom. The molecule has 2 aromatic heterocycles. The lowest BCUT2D eigenvalue weighted by Crippen LogP contribution is -2.03. The van der Waals surface area contributed by atoms with E-state index < -0.39 is 0 Å². The monoisotopic (exact) mass is 242 g/mol. The van der Waals surface area contributed by atoms with Crippen molar-refractivity contribution in [2.24, 2.45) is 0 Å². The summed E-state index contributed by atoms with van der Waals surface area (Å²) in [6.07, 6.45) is 0. The fraction of sp³-hybridized carbons (Fsp3) is 0.231. The van der Waals surface area contributed by atoms with Crippen LogP contribution in [0.25, 0.3) is 11.1 Å². The molecule has 2 N–H and O–H groups in total. The van der Waals surface area contributed by atoms with Gasteiger partial charge in [-0.05, 0) is 38.1 Å². The van der Waals surface area contributed by atoms with E-state index in [9.17, 15) is 0 Å². The van der Waals surface area contributed by atoms with E-state index in [0.29, 0.717) is 18.1 Å². The van der Waals surface area contributed by atoms with Gasteiger partial charge in [0, 0.05) is 11.4 Å². The Labute approximate surface area is 104 Å². The molecule has 3 rings (SSSR count). The first kappa shape index (κ1) is 10.8. The van der Waals surface area contributed by atoms with Crippen molar-refractivity contribution < 1.29 is 4.42 Å². The zero-order chi connectivity index (χ0) is 12.7. The van der Waals surface area contributed by atoms with Gasteiger partial charge in [0.1, 0.15) is 12.1 Å². The van der Waals surface area contributed by atoms with E-state index in [-0.39, 0.29) is 0 Å². The quantitative estimate of drug-likeness (QED) is 0.700. The number of fused-ring (bicyclic) bond motifs is 1. The summed E-state index contributed by atoms with van der Waals surface area (Å²) in [5.41, 5.74) is 10.0. The van der Waals surface area contributed by atoms with E-state index >= 15 is 0 Å². The van der Waals surface area contributed by atoms with Gasteiger partial charge >= 0.3 is 0 Å². The topological polar surface area (TPSA) is 69.9 Å². The highest BCUT2D eigenvalue weighted by Crippen LogP contribution is 2.19. The minimum atomic E-state index is 0.536. The zero-order valence-electron chi connectivity index (χ0n) is 10.3. The summed E-state index contributed by atoms with van der Waals surface area (Å²) in [4.78, 5) is 4.41. The fourth-order valence-electron chi connectivity index (χ4n) is 2.02. The van der Waals surface area contributed by atoms with E-state index in [0.717, 1.165) is 22.5 Å². The van der Waals surface area contributed by atoms with Gasteiger partial charge in [0.15, 0.2) is 5.58 Å². The van der Waals surface area contributed by atoms with E-state index in [2.05, 4.69) is 10.1 Å². The Hall–Kier alpha value is -2.30. The van der Waals surface area contributed by atoms with Crippen LogP contribution in [-0.4, -0.2) is 14.8 Å². The van der Waals surface area contributed by atoms with Gasteiger partial charge in [0.2, 0.25) is 5.89 Å². The number of nitrogen functional groups attached to an aromatic ring is 1. The first-order chi connectivity index (χ1) is 8.61. The molecule has 0 aliphatic carbocycles. The van der Waals surface area contributed by atoms with E-state index in [1.165, 1.54) is 0 Å². The van der Waals surface area contributed by atoms with Crippen molar-refractivity contribution in [3.63, 3.8) is 0 Å². The average molecular weight is 242 g/mol. The number of benzene rings is 1. The molecule has 5 heteroatoms. The standard InChI is InChI=1S/C13H14N4O/c1-8-5-9(2)17(16-8)7-13-15-11-6-10(14)3-4-12(11)18-13/h3-6H,7,14H2,1-2H3. The first-order valence-corrected chi connectivity index (χ1v) is 5.78. The van der Waals surface area contributed by atoms with Gasteiger partial charge in [-0.25, -0.2) is 4.98 Å². The summed E-state index contributed by atoms with van der Waals surface area (Å²) in [6.45, 7) is 4.52. The third-order valence-corrected chi connectivity index (χ3v) is 2.84. The third kappa shape index (κ3) is 1.84. The van der Waals surface area contributed by atoms with Gasteiger partial charge in [0.25, 0.3) is 0 Å². The summed E-state index contributed by atoms with van der Waals surface area (Å²) < 4.78 is 7.54. The molecule has 1 aromatic carbocycles. The van der Waals surface area contributed by atoms with Crippen LogP contribution in [0.15, 0.2) is 28.7 Å². The average Bonchev–Trinajstić information content (AvgIpc) is 2.82. The molecule has 0 aliphatic rings. The zero-order valence-corrected chi connectivity index (χ0v) is 10.3. The molecule has 0 fully saturated rings. The van der Waals surface area contributed by atoms with Crippen LogP contribution in [0.1, 0.15) is 17.3 Å². The number of nitrogens with zero attached hydrogens (tertiary/aromatic N) is 3. The summed E-state index contributed by atoms with van der Waals surface area (Å²) >= 11 is 0. The molecule has 0 saturated heterocycles. The maximum absolute atomic E-state index is 5.71. The van der Waals surface area contributed by atoms with Crippen LogP contribution in [0.2, 0.25) is 0 Å². The highest BCUT2D eigenvalue weighted by molar-refractivity contribution is 5.76. The predicted molar refractivity (Wildman–Crippen MR) is 69.2 cm³/mol. The molecule has 2 heterocycles. The van der Waals surface area contributed by atoms with E-state index in [4.69, 9.17) is 10.2 Å². The summed E-state index contributed by atoms with van der Waals surface area (Å²) in [6, 6.07) is 7.48.